The molecule has 0 aliphatic heterocycles. The quantitative estimate of drug-likeness (QED) is 0.354. The molecule has 5 heteroatoms. The molecule has 0 aliphatic rings. The van der Waals surface area contributed by atoms with Gasteiger partial charge in [0.25, 0.3) is 5.56 Å². The topological polar surface area (TPSA) is 68.4 Å². The van der Waals surface area contributed by atoms with E-state index in [9.17, 15) is 9.59 Å². The number of carbonyl (C=O) groups excluding carboxylic acids is 1. The van der Waals surface area contributed by atoms with Crippen LogP contribution in [0.1, 0.15) is 15.9 Å². The standard InChI is InChI=1S/C26H21NO4/c1-30-22-15-13-17(16-23(22)31-2)12-14-21(28)25-24(18-8-4-3-5-9-18)19-10-6-7-11-20(19)27-26(25)29/h3-16H,1-2H3,(H,27,29). The highest BCUT2D eigenvalue weighted by molar-refractivity contribution is 6.15. The zero-order valence-electron chi connectivity index (χ0n) is 17.2. The van der Waals surface area contributed by atoms with E-state index in [1.807, 2.05) is 60.7 Å². The second-order valence-corrected chi connectivity index (χ2v) is 6.93. The SMILES string of the molecule is COc1ccc(C=CC(=O)c2c(-c3ccccc3)c3ccccc3[nH]c2=O)cc1OC. The average molecular weight is 411 g/mol. The van der Waals surface area contributed by atoms with E-state index in [0.717, 1.165) is 16.5 Å². The number of methoxy groups -OCH3 is 2. The molecule has 0 spiro atoms. The van der Waals surface area contributed by atoms with Gasteiger partial charge in [0.05, 0.1) is 19.8 Å². The molecule has 3 aromatic carbocycles. The van der Waals surface area contributed by atoms with Gasteiger partial charge in [0.15, 0.2) is 17.3 Å². The van der Waals surface area contributed by atoms with Gasteiger partial charge in [0, 0.05) is 16.5 Å². The predicted molar refractivity (Wildman–Crippen MR) is 123 cm³/mol. The number of H-pyrrole nitrogens is 1. The number of para-hydroxylation sites is 1. The van der Waals surface area contributed by atoms with Crippen LogP contribution in [-0.2, 0) is 0 Å². The molecule has 5 nitrogen and oxygen atoms in total. The van der Waals surface area contributed by atoms with Crippen molar-refractivity contribution in [2.24, 2.45) is 0 Å². The number of hydrogen-bond donors (Lipinski definition) is 1. The highest BCUT2D eigenvalue weighted by atomic mass is 16.5. The van der Waals surface area contributed by atoms with Gasteiger partial charge in [-0.25, -0.2) is 0 Å². The number of ether oxygens (including phenoxy) is 2. The molecule has 0 saturated carbocycles. The average Bonchev–Trinajstić information content (AvgIpc) is 2.82. The number of ketones is 1. The largest absolute Gasteiger partial charge is 0.493 e. The lowest BCUT2D eigenvalue weighted by molar-refractivity contribution is 0.104. The number of benzene rings is 3. The number of carbonyl (C=O) groups is 1. The molecule has 0 aliphatic carbocycles. The lowest BCUT2D eigenvalue weighted by atomic mass is 9.94. The van der Waals surface area contributed by atoms with Crippen molar-refractivity contribution < 1.29 is 14.3 Å². The number of hydrogen-bond acceptors (Lipinski definition) is 4. The summed E-state index contributed by atoms with van der Waals surface area (Å²) < 4.78 is 10.6. The van der Waals surface area contributed by atoms with Crippen LogP contribution in [-0.4, -0.2) is 25.0 Å². The second-order valence-electron chi connectivity index (χ2n) is 6.93. The van der Waals surface area contributed by atoms with Crippen LogP contribution in [0.5, 0.6) is 11.5 Å². The Labute approximate surface area is 179 Å². The Balaban J connectivity index is 1.83. The van der Waals surface area contributed by atoms with Crippen LogP contribution in [0.3, 0.4) is 0 Å². The Morgan fingerprint density at radius 1 is 0.871 bits per heavy atom. The van der Waals surface area contributed by atoms with E-state index in [-0.39, 0.29) is 11.3 Å². The summed E-state index contributed by atoms with van der Waals surface area (Å²) in [4.78, 5) is 28.9. The summed E-state index contributed by atoms with van der Waals surface area (Å²) in [6.07, 6.45) is 3.07. The molecule has 1 heterocycles. The molecular weight excluding hydrogens is 390 g/mol. The lowest BCUT2D eigenvalue weighted by Crippen LogP contribution is -2.18. The van der Waals surface area contributed by atoms with Crippen molar-refractivity contribution in [2.75, 3.05) is 14.2 Å². The van der Waals surface area contributed by atoms with Crippen molar-refractivity contribution in [3.8, 4) is 22.6 Å². The van der Waals surface area contributed by atoms with Crippen molar-refractivity contribution in [2.45, 2.75) is 0 Å². The monoisotopic (exact) mass is 411 g/mol. The van der Waals surface area contributed by atoms with Crippen LogP contribution in [0.25, 0.3) is 28.1 Å². The highest BCUT2D eigenvalue weighted by Gasteiger charge is 2.19. The van der Waals surface area contributed by atoms with Crippen LogP contribution in [0.4, 0.5) is 0 Å². The number of aromatic amines is 1. The van der Waals surface area contributed by atoms with Crippen molar-refractivity contribution in [1.82, 2.24) is 4.98 Å². The van der Waals surface area contributed by atoms with E-state index in [1.165, 1.54) is 6.08 Å². The first-order chi connectivity index (χ1) is 15.1. The third-order valence-corrected chi connectivity index (χ3v) is 5.07. The molecule has 0 amide bonds. The van der Waals surface area contributed by atoms with E-state index in [0.29, 0.717) is 22.6 Å². The number of aromatic nitrogens is 1. The molecule has 4 rings (SSSR count). The summed E-state index contributed by atoms with van der Waals surface area (Å²) in [5.74, 6) is 0.787. The third kappa shape index (κ3) is 3.98. The number of fused-ring (bicyclic) bond motifs is 1. The Bertz CT molecular complexity index is 1340. The zero-order valence-corrected chi connectivity index (χ0v) is 17.2. The van der Waals surface area contributed by atoms with Gasteiger partial charge < -0.3 is 14.5 Å². The van der Waals surface area contributed by atoms with E-state index >= 15 is 0 Å². The summed E-state index contributed by atoms with van der Waals surface area (Å²) in [6, 6.07) is 22.3. The van der Waals surface area contributed by atoms with Crippen molar-refractivity contribution in [3.05, 3.63) is 100 Å². The first kappa shape index (κ1) is 20.2. The Morgan fingerprint density at radius 2 is 1.58 bits per heavy atom. The Morgan fingerprint density at radius 3 is 2.32 bits per heavy atom. The molecular formula is C26H21NO4. The van der Waals surface area contributed by atoms with Gasteiger partial charge in [0.1, 0.15) is 0 Å². The van der Waals surface area contributed by atoms with Crippen LogP contribution in [0.15, 0.2) is 83.7 Å². The summed E-state index contributed by atoms with van der Waals surface area (Å²) in [5, 5.41) is 0.816. The van der Waals surface area contributed by atoms with Crippen LogP contribution >= 0.6 is 0 Å². The maximum atomic E-state index is 13.2. The van der Waals surface area contributed by atoms with Crippen LogP contribution < -0.4 is 15.0 Å². The molecule has 31 heavy (non-hydrogen) atoms. The van der Waals surface area contributed by atoms with Gasteiger partial charge in [-0.05, 0) is 35.4 Å². The molecule has 0 radical (unpaired) electrons. The molecule has 1 aromatic heterocycles. The molecule has 0 unspecified atom stereocenters. The van der Waals surface area contributed by atoms with E-state index in [4.69, 9.17) is 9.47 Å². The number of pyridine rings is 1. The van der Waals surface area contributed by atoms with Gasteiger partial charge in [-0.1, -0.05) is 60.7 Å². The van der Waals surface area contributed by atoms with E-state index < -0.39 is 5.56 Å². The maximum absolute atomic E-state index is 13.2. The van der Waals surface area contributed by atoms with Crippen molar-refractivity contribution >= 4 is 22.8 Å². The van der Waals surface area contributed by atoms with Gasteiger partial charge in [-0.2, -0.15) is 0 Å². The smallest absolute Gasteiger partial charge is 0.260 e. The fraction of sp³-hybridized carbons (Fsp3) is 0.0769. The fourth-order valence-electron chi connectivity index (χ4n) is 3.59. The van der Waals surface area contributed by atoms with Crippen molar-refractivity contribution in [1.29, 1.82) is 0 Å². The number of nitrogens with one attached hydrogen (secondary N) is 1. The zero-order chi connectivity index (χ0) is 21.8. The minimum Gasteiger partial charge on any atom is -0.493 e. The number of rotatable bonds is 6. The molecule has 0 bridgehead atoms. The normalized spacial score (nSPS) is 11.0. The number of allylic oxidation sites excluding steroid dienone is 1. The van der Waals surface area contributed by atoms with Gasteiger partial charge in [-0.15, -0.1) is 0 Å². The minimum atomic E-state index is -0.417. The van der Waals surface area contributed by atoms with Gasteiger partial charge in [-0.3, -0.25) is 9.59 Å². The molecule has 4 aromatic rings. The fourth-order valence-corrected chi connectivity index (χ4v) is 3.59. The molecule has 0 fully saturated rings. The summed E-state index contributed by atoms with van der Waals surface area (Å²) >= 11 is 0. The minimum absolute atomic E-state index is 0.113. The van der Waals surface area contributed by atoms with Crippen LogP contribution in [0.2, 0.25) is 0 Å². The molecule has 0 atom stereocenters. The van der Waals surface area contributed by atoms with Gasteiger partial charge >= 0.3 is 0 Å². The molecule has 0 saturated heterocycles. The van der Waals surface area contributed by atoms with E-state index in [1.54, 1.807) is 32.4 Å². The Kier molecular flexibility index (Phi) is 5.67. The molecule has 1 N–H and O–H groups in total. The highest BCUT2D eigenvalue weighted by Crippen LogP contribution is 2.30. The predicted octanol–water partition coefficient (Wildman–Crippen LogP) is 5.11. The maximum Gasteiger partial charge on any atom is 0.260 e. The summed E-state index contributed by atoms with van der Waals surface area (Å²) in [5.41, 5.74) is 2.58. The Hall–Kier alpha value is -4.12. The molecule has 154 valence electrons. The second kappa shape index (κ2) is 8.71. The summed E-state index contributed by atoms with van der Waals surface area (Å²) in [7, 11) is 3.12. The first-order valence-corrected chi connectivity index (χ1v) is 9.77. The van der Waals surface area contributed by atoms with Crippen LogP contribution in [0, 0.1) is 0 Å². The first-order valence-electron chi connectivity index (χ1n) is 9.77. The van der Waals surface area contributed by atoms with Crippen molar-refractivity contribution in [3.63, 3.8) is 0 Å². The van der Waals surface area contributed by atoms with Gasteiger partial charge in [0.2, 0.25) is 0 Å². The lowest BCUT2D eigenvalue weighted by Gasteiger charge is -2.11. The third-order valence-electron chi connectivity index (χ3n) is 5.07. The van der Waals surface area contributed by atoms with E-state index in [2.05, 4.69) is 4.98 Å². The summed E-state index contributed by atoms with van der Waals surface area (Å²) in [6.45, 7) is 0.